The summed E-state index contributed by atoms with van der Waals surface area (Å²) in [5.74, 6) is 0.233. The van der Waals surface area contributed by atoms with E-state index in [0.717, 1.165) is 11.3 Å². The van der Waals surface area contributed by atoms with Crippen molar-refractivity contribution in [1.82, 2.24) is 4.98 Å². The van der Waals surface area contributed by atoms with Crippen molar-refractivity contribution in [3.63, 3.8) is 0 Å². The van der Waals surface area contributed by atoms with Gasteiger partial charge in [-0.25, -0.2) is 9.78 Å². The van der Waals surface area contributed by atoms with Crippen molar-refractivity contribution in [3.05, 3.63) is 58.8 Å². The molecule has 0 aliphatic carbocycles. The van der Waals surface area contributed by atoms with E-state index in [4.69, 9.17) is 10.00 Å². The Balaban J connectivity index is 2.21. The van der Waals surface area contributed by atoms with Crippen LogP contribution < -0.4 is 0 Å². The molecular formula is C17H16N2O2S. The molecule has 22 heavy (non-hydrogen) atoms. The fourth-order valence-electron chi connectivity index (χ4n) is 1.93. The van der Waals surface area contributed by atoms with Crippen molar-refractivity contribution in [2.24, 2.45) is 0 Å². The average molecular weight is 312 g/mol. The maximum Gasteiger partial charge on any atom is 0.338 e. The molecule has 0 N–H and O–H groups in total. The summed E-state index contributed by atoms with van der Waals surface area (Å²) in [6, 6.07) is 13.1. The number of nitrogens with zero attached hydrogens (tertiary/aromatic N) is 2. The zero-order valence-electron chi connectivity index (χ0n) is 12.5. The Kier molecular flexibility index (Phi) is 5.56. The summed E-state index contributed by atoms with van der Waals surface area (Å²) in [6.07, 6.45) is 0. The van der Waals surface area contributed by atoms with Crippen LogP contribution in [0.4, 0.5) is 0 Å². The van der Waals surface area contributed by atoms with Crippen molar-refractivity contribution in [3.8, 4) is 6.07 Å². The summed E-state index contributed by atoms with van der Waals surface area (Å²) in [5, 5.41) is 9.82. The molecule has 0 saturated carbocycles. The Morgan fingerprint density at radius 3 is 2.82 bits per heavy atom. The largest absolute Gasteiger partial charge is 0.462 e. The number of esters is 1. The molecule has 2 aromatic rings. The molecular weight excluding hydrogens is 296 g/mol. The van der Waals surface area contributed by atoms with Crippen LogP contribution in [-0.2, 0) is 10.5 Å². The van der Waals surface area contributed by atoms with Crippen LogP contribution in [0.2, 0.25) is 0 Å². The Morgan fingerprint density at radius 2 is 2.09 bits per heavy atom. The molecule has 0 amide bonds. The molecule has 1 aromatic carbocycles. The van der Waals surface area contributed by atoms with Gasteiger partial charge in [0.15, 0.2) is 0 Å². The summed E-state index contributed by atoms with van der Waals surface area (Å²) in [5.41, 5.74) is 2.84. The smallest absolute Gasteiger partial charge is 0.338 e. The van der Waals surface area contributed by atoms with Gasteiger partial charge in [0.05, 0.1) is 17.7 Å². The number of benzene rings is 1. The Morgan fingerprint density at radius 1 is 1.32 bits per heavy atom. The topological polar surface area (TPSA) is 63.0 Å². The van der Waals surface area contributed by atoms with E-state index < -0.39 is 0 Å². The number of pyridine rings is 1. The summed E-state index contributed by atoms with van der Waals surface area (Å²) >= 11 is 1.45. The SMILES string of the molecule is CCOC(=O)c1ccccc1CSc1nc(C)ccc1C#N. The monoisotopic (exact) mass is 312 g/mol. The lowest BCUT2D eigenvalue weighted by atomic mass is 10.1. The molecule has 0 fully saturated rings. The third kappa shape index (κ3) is 3.86. The van der Waals surface area contributed by atoms with Gasteiger partial charge < -0.3 is 4.74 Å². The third-order valence-corrected chi connectivity index (χ3v) is 4.04. The normalized spacial score (nSPS) is 10.0. The first-order chi connectivity index (χ1) is 10.7. The number of hydrogen-bond acceptors (Lipinski definition) is 5. The molecule has 4 nitrogen and oxygen atoms in total. The third-order valence-electron chi connectivity index (χ3n) is 3.00. The van der Waals surface area contributed by atoms with Gasteiger partial charge in [-0.3, -0.25) is 0 Å². The summed E-state index contributed by atoms with van der Waals surface area (Å²) < 4.78 is 5.07. The van der Waals surface area contributed by atoms with Crippen LogP contribution in [-0.4, -0.2) is 17.6 Å². The van der Waals surface area contributed by atoms with Crippen molar-refractivity contribution >= 4 is 17.7 Å². The molecule has 5 heteroatoms. The Hall–Kier alpha value is -2.32. The van der Waals surface area contributed by atoms with E-state index in [9.17, 15) is 4.79 Å². The minimum Gasteiger partial charge on any atom is -0.462 e. The van der Waals surface area contributed by atoms with Crippen molar-refractivity contribution in [2.45, 2.75) is 24.6 Å². The second-order valence-corrected chi connectivity index (χ2v) is 5.55. The van der Waals surface area contributed by atoms with Gasteiger partial charge in [0.25, 0.3) is 0 Å². The molecule has 0 saturated heterocycles. The maximum atomic E-state index is 12.0. The van der Waals surface area contributed by atoms with Gasteiger partial charge in [0.1, 0.15) is 11.1 Å². The number of aromatic nitrogens is 1. The highest BCUT2D eigenvalue weighted by atomic mass is 32.2. The molecule has 1 aromatic heterocycles. The number of thioether (sulfide) groups is 1. The number of aryl methyl sites for hydroxylation is 1. The van der Waals surface area contributed by atoms with Gasteiger partial charge in [-0.15, -0.1) is 11.8 Å². The first-order valence-electron chi connectivity index (χ1n) is 6.91. The average Bonchev–Trinajstić information content (AvgIpc) is 2.53. The minimum atomic E-state index is -0.323. The van der Waals surface area contributed by atoms with Crippen LogP contribution in [0.15, 0.2) is 41.4 Å². The van der Waals surface area contributed by atoms with Crippen molar-refractivity contribution in [2.75, 3.05) is 6.61 Å². The van der Waals surface area contributed by atoms with Gasteiger partial charge >= 0.3 is 5.97 Å². The molecule has 112 valence electrons. The number of carbonyl (C=O) groups excluding carboxylic acids is 1. The molecule has 0 spiro atoms. The fourth-order valence-corrected chi connectivity index (χ4v) is 2.95. The van der Waals surface area contributed by atoms with Gasteiger partial charge in [0.2, 0.25) is 0 Å². The molecule has 0 unspecified atom stereocenters. The van der Waals surface area contributed by atoms with Crippen molar-refractivity contribution in [1.29, 1.82) is 5.26 Å². The lowest BCUT2D eigenvalue weighted by Crippen LogP contribution is -2.07. The second kappa shape index (κ2) is 7.62. The van der Waals surface area contributed by atoms with Crippen LogP contribution in [0.25, 0.3) is 0 Å². The molecule has 0 radical (unpaired) electrons. The number of rotatable bonds is 5. The van der Waals surface area contributed by atoms with Gasteiger partial charge in [0, 0.05) is 11.4 Å². The number of nitriles is 1. The van der Waals surface area contributed by atoms with Crippen LogP contribution >= 0.6 is 11.8 Å². The Bertz CT molecular complexity index is 723. The van der Waals surface area contributed by atoms with E-state index in [-0.39, 0.29) is 5.97 Å². The predicted molar refractivity (Wildman–Crippen MR) is 85.6 cm³/mol. The molecule has 0 bridgehead atoms. The van der Waals surface area contributed by atoms with E-state index in [0.29, 0.717) is 28.5 Å². The molecule has 1 heterocycles. The zero-order valence-corrected chi connectivity index (χ0v) is 13.3. The molecule has 0 aliphatic rings. The second-order valence-electron chi connectivity index (χ2n) is 4.58. The fraction of sp³-hybridized carbons (Fsp3) is 0.235. The lowest BCUT2D eigenvalue weighted by Gasteiger charge is -2.09. The summed E-state index contributed by atoms with van der Waals surface area (Å²) in [6.45, 7) is 4.02. The van der Waals surface area contributed by atoms with E-state index in [1.165, 1.54) is 11.8 Å². The van der Waals surface area contributed by atoms with Gasteiger partial charge in [-0.05, 0) is 37.6 Å². The van der Waals surface area contributed by atoms with Crippen LogP contribution in [0.3, 0.4) is 0 Å². The van der Waals surface area contributed by atoms with Crippen LogP contribution in [0.5, 0.6) is 0 Å². The minimum absolute atomic E-state index is 0.323. The quantitative estimate of drug-likeness (QED) is 0.622. The van der Waals surface area contributed by atoms with Gasteiger partial charge in [-0.1, -0.05) is 18.2 Å². The Labute approximate surface area is 134 Å². The highest BCUT2D eigenvalue weighted by molar-refractivity contribution is 7.98. The summed E-state index contributed by atoms with van der Waals surface area (Å²) in [4.78, 5) is 16.3. The standard InChI is InChI=1S/C17H16N2O2S/c1-3-21-17(20)15-7-5-4-6-14(15)11-22-16-13(10-18)9-8-12(2)19-16/h4-9H,3,11H2,1-2H3. The maximum absolute atomic E-state index is 12.0. The zero-order chi connectivity index (χ0) is 15.9. The lowest BCUT2D eigenvalue weighted by molar-refractivity contribution is 0.0525. The van der Waals surface area contributed by atoms with Crippen LogP contribution in [0, 0.1) is 18.3 Å². The highest BCUT2D eigenvalue weighted by Crippen LogP contribution is 2.26. The molecule has 2 rings (SSSR count). The van der Waals surface area contributed by atoms with E-state index >= 15 is 0 Å². The first-order valence-corrected chi connectivity index (χ1v) is 7.89. The molecule has 0 atom stereocenters. The van der Waals surface area contributed by atoms with E-state index in [2.05, 4.69) is 11.1 Å². The number of carbonyl (C=O) groups is 1. The van der Waals surface area contributed by atoms with E-state index in [1.807, 2.05) is 31.2 Å². The summed E-state index contributed by atoms with van der Waals surface area (Å²) in [7, 11) is 0. The highest BCUT2D eigenvalue weighted by Gasteiger charge is 2.13. The first kappa shape index (κ1) is 16.1. The van der Waals surface area contributed by atoms with E-state index in [1.54, 1.807) is 19.1 Å². The number of hydrogen-bond donors (Lipinski definition) is 0. The van der Waals surface area contributed by atoms with Gasteiger partial charge in [-0.2, -0.15) is 5.26 Å². The van der Waals surface area contributed by atoms with Crippen molar-refractivity contribution < 1.29 is 9.53 Å². The predicted octanol–water partition coefficient (Wildman–Crippen LogP) is 3.73. The van der Waals surface area contributed by atoms with Crippen LogP contribution in [0.1, 0.15) is 34.1 Å². The molecule has 0 aliphatic heterocycles. The number of ether oxygens (including phenoxy) is 1.